The van der Waals surface area contributed by atoms with Crippen LogP contribution in [0.15, 0.2) is 0 Å². The predicted octanol–water partition coefficient (Wildman–Crippen LogP) is 1.41. The van der Waals surface area contributed by atoms with Crippen molar-refractivity contribution >= 4 is 18.1 Å². The molecule has 0 aromatic carbocycles. The fourth-order valence-electron chi connectivity index (χ4n) is 1.83. The van der Waals surface area contributed by atoms with Crippen LogP contribution in [0.4, 0.5) is 0 Å². The van der Waals surface area contributed by atoms with Gasteiger partial charge in [0, 0.05) is 6.92 Å². The van der Waals surface area contributed by atoms with Crippen molar-refractivity contribution in [2.24, 2.45) is 5.92 Å². The zero-order chi connectivity index (χ0) is 14.8. The molecule has 0 aliphatic carbocycles. The van der Waals surface area contributed by atoms with Gasteiger partial charge in [-0.2, -0.15) is 0 Å². The number of amides is 2. The first-order valence-electron chi connectivity index (χ1n) is 6.93. The average Bonchev–Trinajstić information content (AvgIpc) is 2.32. The Kier molecular flexibility index (Phi) is 8.83. The van der Waals surface area contributed by atoms with Crippen LogP contribution < -0.4 is 10.6 Å². The van der Waals surface area contributed by atoms with E-state index in [9.17, 15) is 14.4 Å². The Morgan fingerprint density at radius 3 is 2.26 bits per heavy atom. The Labute approximate surface area is 115 Å². The van der Waals surface area contributed by atoms with E-state index in [1.54, 1.807) is 0 Å². The third-order valence-corrected chi connectivity index (χ3v) is 2.76. The van der Waals surface area contributed by atoms with E-state index in [2.05, 4.69) is 10.6 Å². The van der Waals surface area contributed by atoms with Gasteiger partial charge in [-0.15, -0.1) is 0 Å². The molecule has 0 saturated carbocycles. The van der Waals surface area contributed by atoms with Crippen molar-refractivity contribution in [1.29, 1.82) is 0 Å². The Balaban J connectivity index is 4.50. The topological polar surface area (TPSA) is 75.3 Å². The summed E-state index contributed by atoms with van der Waals surface area (Å²) in [6.45, 7) is 7.38. The van der Waals surface area contributed by atoms with Crippen LogP contribution in [0.2, 0.25) is 0 Å². The summed E-state index contributed by atoms with van der Waals surface area (Å²) in [5.41, 5.74) is 0. The molecule has 19 heavy (non-hydrogen) atoms. The third-order valence-electron chi connectivity index (χ3n) is 2.76. The van der Waals surface area contributed by atoms with Crippen LogP contribution in [-0.2, 0) is 14.4 Å². The lowest BCUT2D eigenvalue weighted by Crippen LogP contribution is -2.50. The molecule has 0 spiro atoms. The quantitative estimate of drug-likeness (QED) is 0.622. The lowest BCUT2D eigenvalue weighted by atomic mass is 10.0. The molecule has 0 bridgehead atoms. The second kappa shape index (κ2) is 9.53. The maximum absolute atomic E-state index is 12.1. The molecule has 0 radical (unpaired) electrons. The molecule has 2 atom stereocenters. The summed E-state index contributed by atoms with van der Waals surface area (Å²) in [6.07, 6.45) is 3.82. The maximum atomic E-state index is 12.1. The average molecular weight is 270 g/mol. The molecule has 0 aliphatic rings. The molecule has 5 heteroatoms. The zero-order valence-corrected chi connectivity index (χ0v) is 12.4. The monoisotopic (exact) mass is 270 g/mol. The highest BCUT2D eigenvalue weighted by molar-refractivity contribution is 5.88. The zero-order valence-electron chi connectivity index (χ0n) is 12.4. The van der Waals surface area contributed by atoms with E-state index in [1.807, 2.05) is 20.8 Å². The van der Waals surface area contributed by atoms with Crippen molar-refractivity contribution in [1.82, 2.24) is 10.6 Å². The van der Waals surface area contributed by atoms with Crippen LogP contribution in [0.1, 0.15) is 53.4 Å². The first-order valence-corrected chi connectivity index (χ1v) is 6.93. The lowest BCUT2D eigenvalue weighted by Gasteiger charge is -2.21. The standard InChI is InChI=1S/C14H26N2O3/c1-5-6-7-12(9-17)16-14(19)13(8-10(2)3)15-11(4)18/h9-10,12-13H,5-8H2,1-4H3,(H,15,18)(H,16,19)/t12-,13-/m0/s1. The predicted molar refractivity (Wildman–Crippen MR) is 74.6 cm³/mol. The third kappa shape index (κ3) is 8.35. The summed E-state index contributed by atoms with van der Waals surface area (Å²) >= 11 is 0. The van der Waals surface area contributed by atoms with Gasteiger partial charge in [0.05, 0.1) is 6.04 Å². The fraction of sp³-hybridized carbons (Fsp3) is 0.786. The molecular weight excluding hydrogens is 244 g/mol. The minimum Gasteiger partial charge on any atom is -0.345 e. The molecule has 2 amide bonds. The van der Waals surface area contributed by atoms with Gasteiger partial charge in [-0.1, -0.05) is 33.6 Å². The number of nitrogens with one attached hydrogen (secondary N) is 2. The highest BCUT2D eigenvalue weighted by Gasteiger charge is 2.22. The Hall–Kier alpha value is -1.39. The van der Waals surface area contributed by atoms with Gasteiger partial charge < -0.3 is 15.4 Å². The van der Waals surface area contributed by atoms with E-state index in [1.165, 1.54) is 6.92 Å². The van der Waals surface area contributed by atoms with Gasteiger partial charge in [-0.05, 0) is 18.8 Å². The molecule has 0 rings (SSSR count). The minimum absolute atomic E-state index is 0.239. The van der Waals surface area contributed by atoms with Crippen molar-refractivity contribution in [3.05, 3.63) is 0 Å². The minimum atomic E-state index is -0.568. The van der Waals surface area contributed by atoms with E-state index in [4.69, 9.17) is 0 Å². The van der Waals surface area contributed by atoms with E-state index in [-0.39, 0.29) is 17.7 Å². The first-order chi connectivity index (χ1) is 8.90. The van der Waals surface area contributed by atoms with Crippen LogP contribution in [0.5, 0.6) is 0 Å². The molecule has 110 valence electrons. The molecule has 0 heterocycles. The number of hydrogen-bond acceptors (Lipinski definition) is 3. The van der Waals surface area contributed by atoms with Gasteiger partial charge in [0.2, 0.25) is 11.8 Å². The van der Waals surface area contributed by atoms with Gasteiger partial charge in [0.25, 0.3) is 0 Å². The number of unbranched alkanes of at least 4 members (excludes halogenated alkanes) is 1. The van der Waals surface area contributed by atoms with E-state index < -0.39 is 12.1 Å². The molecule has 0 unspecified atom stereocenters. The Morgan fingerprint density at radius 2 is 1.84 bits per heavy atom. The smallest absolute Gasteiger partial charge is 0.243 e. The summed E-state index contributed by atoms with van der Waals surface area (Å²) in [6, 6.07) is -1.03. The molecule has 0 fully saturated rings. The Bertz CT molecular complexity index is 303. The number of hydrogen-bond donors (Lipinski definition) is 2. The SMILES string of the molecule is CCCC[C@@H](C=O)NC(=O)[C@H](CC(C)C)NC(C)=O. The number of aldehydes is 1. The van der Waals surface area contributed by atoms with E-state index in [0.29, 0.717) is 12.8 Å². The second-order valence-corrected chi connectivity index (χ2v) is 5.28. The van der Waals surface area contributed by atoms with Gasteiger partial charge in [-0.3, -0.25) is 9.59 Å². The van der Waals surface area contributed by atoms with Crippen molar-refractivity contribution in [2.45, 2.75) is 65.5 Å². The van der Waals surface area contributed by atoms with Crippen LogP contribution in [0.3, 0.4) is 0 Å². The molecule has 0 aromatic rings. The largest absolute Gasteiger partial charge is 0.345 e. The van der Waals surface area contributed by atoms with Crippen molar-refractivity contribution < 1.29 is 14.4 Å². The van der Waals surface area contributed by atoms with Crippen LogP contribution in [0.25, 0.3) is 0 Å². The van der Waals surface area contributed by atoms with Gasteiger partial charge in [0.15, 0.2) is 0 Å². The van der Waals surface area contributed by atoms with Crippen molar-refractivity contribution in [2.75, 3.05) is 0 Å². The second-order valence-electron chi connectivity index (χ2n) is 5.28. The molecule has 5 nitrogen and oxygen atoms in total. The van der Waals surface area contributed by atoms with Crippen molar-refractivity contribution in [3.63, 3.8) is 0 Å². The number of carbonyl (C=O) groups is 3. The van der Waals surface area contributed by atoms with Crippen LogP contribution in [0, 0.1) is 5.92 Å². The van der Waals surface area contributed by atoms with E-state index in [0.717, 1.165) is 19.1 Å². The lowest BCUT2D eigenvalue weighted by molar-refractivity contribution is -0.129. The molecule has 2 N–H and O–H groups in total. The molecule has 0 saturated heterocycles. The maximum Gasteiger partial charge on any atom is 0.243 e. The summed E-state index contributed by atoms with van der Waals surface area (Å²) in [7, 11) is 0. The number of rotatable bonds is 9. The van der Waals surface area contributed by atoms with E-state index >= 15 is 0 Å². The van der Waals surface area contributed by atoms with Crippen LogP contribution in [-0.4, -0.2) is 30.2 Å². The normalized spacial score (nSPS) is 13.7. The van der Waals surface area contributed by atoms with Gasteiger partial charge in [-0.25, -0.2) is 0 Å². The molecule has 0 aliphatic heterocycles. The highest BCUT2D eigenvalue weighted by atomic mass is 16.2. The molecule has 0 aromatic heterocycles. The Morgan fingerprint density at radius 1 is 1.21 bits per heavy atom. The fourth-order valence-corrected chi connectivity index (χ4v) is 1.83. The summed E-state index contributed by atoms with van der Waals surface area (Å²) in [5, 5.41) is 5.32. The highest BCUT2D eigenvalue weighted by Crippen LogP contribution is 2.06. The first kappa shape index (κ1) is 17.6. The van der Waals surface area contributed by atoms with Gasteiger partial charge >= 0.3 is 0 Å². The summed E-state index contributed by atoms with van der Waals surface area (Å²) in [4.78, 5) is 34.1. The van der Waals surface area contributed by atoms with Crippen LogP contribution >= 0.6 is 0 Å². The summed E-state index contributed by atoms with van der Waals surface area (Å²) < 4.78 is 0. The number of carbonyl (C=O) groups excluding carboxylic acids is 3. The van der Waals surface area contributed by atoms with Crippen molar-refractivity contribution in [3.8, 4) is 0 Å². The molecular formula is C14H26N2O3. The van der Waals surface area contributed by atoms with Gasteiger partial charge in [0.1, 0.15) is 12.3 Å². The summed E-state index contributed by atoms with van der Waals surface area (Å²) in [5.74, 6) is -0.234.